The minimum absolute atomic E-state index is 0.0339. The van der Waals surface area contributed by atoms with Crippen molar-refractivity contribution >= 4 is 11.9 Å². The van der Waals surface area contributed by atoms with Gasteiger partial charge in [0.1, 0.15) is 5.54 Å². The molecule has 3 amide bonds. The van der Waals surface area contributed by atoms with Crippen LogP contribution in [0.2, 0.25) is 0 Å². The van der Waals surface area contributed by atoms with Gasteiger partial charge < -0.3 is 4.90 Å². The Labute approximate surface area is 165 Å². The molecule has 2 aliphatic heterocycles. The molecule has 6 heteroatoms. The molecule has 2 saturated heterocycles. The number of likely N-dealkylation sites (tertiary alicyclic amines) is 1. The normalized spacial score (nSPS) is 19.6. The van der Waals surface area contributed by atoms with Crippen molar-refractivity contribution in [3.63, 3.8) is 0 Å². The van der Waals surface area contributed by atoms with Gasteiger partial charge in [-0.15, -0.1) is 0 Å². The average molecular weight is 378 g/mol. The topological polar surface area (TPSA) is 56.8 Å². The van der Waals surface area contributed by atoms with Gasteiger partial charge in [-0.2, -0.15) is 0 Å². The number of urea groups is 1. The van der Waals surface area contributed by atoms with E-state index in [0.717, 1.165) is 30.9 Å². The first kappa shape index (κ1) is 18.6. The Morgan fingerprint density at radius 3 is 2.39 bits per heavy atom. The van der Waals surface area contributed by atoms with Crippen molar-refractivity contribution in [1.29, 1.82) is 0 Å². The molecule has 0 unspecified atom stereocenters. The van der Waals surface area contributed by atoms with Crippen LogP contribution >= 0.6 is 0 Å². The lowest BCUT2D eigenvalue weighted by Crippen LogP contribution is -2.55. The minimum Gasteiger partial charge on any atom is -0.312 e. The lowest BCUT2D eigenvalue weighted by Gasteiger charge is -2.40. The smallest absolute Gasteiger partial charge is 0.312 e. The molecular weight excluding hydrogens is 352 g/mol. The van der Waals surface area contributed by atoms with E-state index in [4.69, 9.17) is 0 Å². The Kier molecular flexibility index (Phi) is 5.13. The van der Waals surface area contributed by atoms with Gasteiger partial charge in [0.2, 0.25) is 0 Å². The molecule has 28 heavy (non-hydrogen) atoms. The Balaban J connectivity index is 1.40. The highest BCUT2D eigenvalue weighted by Crippen LogP contribution is 2.36. The van der Waals surface area contributed by atoms with Crippen molar-refractivity contribution < 1.29 is 9.59 Å². The average Bonchev–Trinajstić information content (AvgIpc) is 2.91. The number of likely N-dealkylation sites (N-methyl/N-ethyl adjacent to an activating group) is 1. The first-order valence-corrected chi connectivity index (χ1v) is 9.86. The number of hydrogen-bond donors (Lipinski definition) is 0. The molecule has 1 spiro atoms. The van der Waals surface area contributed by atoms with Crippen LogP contribution in [0.4, 0.5) is 4.79 Å². The lowest BCUT2D eigenvalue weighted by molar-refractivity contribution is -0.135. The van der Waals surface area contributed by atoms with Crippen molar-refractivity contribution in [3.05, 3.63) is 66.0 Å². The van der Waals surface area contributed by atoms with E-state index >= 15 is 0 Å². The summed E-state index contributed by atoms with van der Waals surface area (Å²) in [6.45, 7) is 2.78. The third-order valence-corrected chi connectivity index (χ3v) is 6.07. The Morgan fingerprint density at radius 1 is 1.00 bits per heavy atom. The Hall–Kier alpha value is -2.73. The van der Waals surface area contributed by atoms with E-state index in [9.17, 15) is 9.59 Å². The summed E-state index contributed by atoms with van der Waals surface area (Å²) in [5.74, 6) is -0.0339. The predicted octanol–water partition coefficient (Wildman–Crippen LogP) is 2.55. The van der Waals surface area contributed by atoms with Crippen molar-refractivity contribution in [2.45, 2.75) is 31.3 Å². The van der Waals surface area contributed by atoms with Gasteiger partial charge in [0.05, 0.1) is 5.69 Å². The summed E-state index contributed by atoms with van der Waals surface area (Å²) in [6.07, 6.45) is 3.83. The fourth-order valence-corrected chi connectivity index (χ4v) is 4.28. The van der Waals surface area contributed by atoms with Crippen LogP contribution in [0.25, 0.3) is 0 Å². The zero-order valence-electron chi connectivity index (χ0n) is 16.3. The van der Waals surface area contributed by atoms with Crippen LogP contribution < -0.4 is 0 Å². The summed E-state index contributed by atoms with van der Waals surface area (Å²) < 4.78 is 0. The minimum atomic E-state index is -0.686. The second-order valence-corrected chi connectivity index (χ2v) is 7.66. The molecule has 146 valence electrons. The standard InChI is InChI=1S/C22H26N4O2/c1-24-21(28)26(14-10-18-7-3-2-4-8-18)20(27)22(24)11-15-25(16-12-22)17-19-9-5-6-13-23-19/h2-9,13H,10-12,14-17H2,1H3. The maximum absolute atomic E-state index is 13.2. The summed E-state index contributed by atoms with van der Waals surface area (Å²) >= 11 is 0. The van der Waals surface area contributed by atoms with Crippen molar-refractivity contribution in [2.24, 2.45) is 0 Å². The van der Waals surface area contributed by atoms with Crippen LogP contribution in [0, 0.1) is 0 Å². The fourth-order valence-electron chi connectivity index (χ4n) is 4.28. The molecule has 2 aromatic rings. The highest BCUT2D eigenvalue weighted by Gasteiger charge is 2.56. The van der Waals surface area contributed by atoms with E-state index in [2.05, 4.69) is 9.88 Å². The SMILES string of the molecule is CN1C(=O)N(CCc2ccccc2)C(=O)C12CCN(Cc1ccccn1)CC2. The molecular formula is C22H26N4O2. The van der Waals surface area contributed by atoms with Crippen LogP contribution in [0.15, 0.2) is 54.7 Å². The van der Waals surface area contributed by atoms with Gasteiger partial charge in [-0.3, -0.25) is 19.6 Å². The summed E-state index contributed by atoms with van der Waals surface area (Å²) in [4.78, 5) is 35.8. The molecule has 2 fully saturated rings. The van der Waals surface area contributed by atoms with Crippen LogP contribution in [0.1, 0.15) is 24.1 Å². The number of rotatable bonds is 5. The van der Waals surface area contributed by atoms with Gasteiger partial charge in [0, 0.05) is 39.4 Å². The molecule has 0 radical (unpaired) electrons. The van der Waals surface area contributed by atoms with Crippen molar-refractivity contribution in [2.75, 3.05) is 26.7 Å². The second kappa shape index (κ2) is 7.72. The third-order valence-electron chi connectivity index (χ3n) is 6.07. The largest absolute Gasteiger partial charge is 0.327 e. The van der Waals surface area contributed by atoms with E-state index in [1.807, 2.05) is 48.5 Å². The second-order valence-electron chi connectivity index (χ2n) is 7.66. The number of piperidine rings is 1. The van der Waals surface area contributed by atoms with E-state index in [1.165, 1.54) is 4.90 Å². The zero-order chi connectivity index (χ0) is 19.6. The molecule has 1 aromatic carbocycles. The lowest BCUT2D eigenvalue weighted by atomic mass is 9.86. The molecule has 4 rings (SSSR count). The highest BCUT2D eigenvalue weighted by molar-refractivity contribution is 6.07. The van der Waals surface area contributed by atoms with Gasteiger partial charge in [-0.1, -0.05) is 36.4 Å². The zero-order valence-corrected chi connectivity index (χ0v) is 16.3. The van der Waals surface area contributed by atoms with E-state index in [0.29, 0.717) is 25.8 Å². The number of benzene rings is 1. The molecule has 0 N–H and O–H groups in total. The maximum Gasteiger partial charge on any atom is 0.327 e. The van der Waals surface area contributed by atoms with Gasteiger partial charge in [-0.25, -0.2) is 4.79 Å². The van der Waals surface area contributed by atoms with Gasteiger partial charge in [0.25, 0.3) is 5.91 Å². The summed E-state index contributed by atoms with van der Waals surface area (Å²) in [7, 11) is 1.77. The number of aromatic nitrogens is 1. The molecule has 0 bridgehead atoms. The van der Waals surface area contributed by atoms with Gasteiger partial charge in [-0.05, 0) is 37.0 Å². The third kappa shape index (κ3) is 3.40. The van der Waals surface area contributed by atoms with Crippen molar-refractivity contribution in [1.82, 2.24) is 19.7 Å². The fraction of sp³-hybridized carbons (Fsp3) is 0.409. The predicted molar refractivity (Wildman–Crippen MR) is 106 cm³/mol. The number of hydrogen-bond acceptors (Lipinski definition) is 4. The van der Waals surface area contributed by atoms with E-state index in [1.54, 1.807) is 18.1 Å². The number of amides is 3. The molecule has 0 saturated carbocycles. The molecule has 0 aliphatic carbocycles. The number of carbonyl (C=O) groups excluding carboxylic acids is 2. The van der Waals surface area contributed by atoms with Crippen LogP contribution in [-0.4, -0.2) is 63.8 Å². The first-order valence-electron chi connectivity index (χ1n) is 9.86. The number of imide groups is 1. The summed E-state index contributed by atoms with van der Waals surface area (Å²) in [6, 6.07) is 15.7. The molecule has 6 nitrogen and oxygen atoms in total. The number of nitrogens with zero attached hydrogens (tertiary/aromatic N) is 4. The summed E-state index contributed by atoms with van der Waals surface area (Å²) in [5, 5.41) is 0. The Bertz CT molecular complexity index is 832. The maximum atomic E-state index is 13.2. The monoisotopic (exact) mass is 378 g/mol. The van der Waals surface area contributed by atoms with E-state index < -0.39 is 5.54 Å². The quantitative estimate of drug-likeness (QED) is 0.751. The molecule has 1 aromatic heterocycles. The molecule has 3 heterocycles. The van der Waals surface area contributed by atoms with Crippen molar-refractivity contribution in [3.8, 4) is 0 Å². The van der Waals surface area contributed by atoms with Crippen LogP contribution in [-0.2, 0) is 17.8 Å². The molecule has 2 aliphatic rings. The van der Waals surface area contributed by atoms with E-state index in [-0.39, 0.29) is 11.9 Å². The number of pyridine rings is 1. The van der Waals surface area contributed by atoms with Gasteiger partial charge >= 0.3 is 6.03 Å². The first-order chi connectivity index (χ1) is 13.6. The van der Waals surface area contributed by atoms with Gasteiger partial charge in [0.15, 0.2) is 0 Å². The van der Waals surface area contributed by atoms with Crippen LogP contribution in [0.5, 0.6) is 0 Å². The summed E-state index contributed by atoms with van der Waals surface area (Å²) in [5.41, 5.74) is 1.48. The number of carbonyl (C=O) groups is 2. The Morgan fingerprint density at radius 2 is 1.71 bits per heavy atom. The highest BCUT2D eigenvalue weighted by atomic mass is 16.2. The van der Waals surface area contributed by atoms with Crippen LogP contribution in [0.3, 0.4) is 0 Å². The molecule has 0 atom stereocenters.